The first-order chi connectivity index (χ1) is 15.5. The van der Waals surface area contributed by atoms with Gasteiger partial charge in [-0.1, -0.05) is 48.5 Å². The van der Waals surface area contributed by atoms with Crippen molar-refractivity contribution in [2.45, 2.75) is 52.9 Å². The van der Waals surface area contributed by atoms with Crippen molar-refractivity contribution < 1.29 is 29.2 Å². The van der Waals surface area contributed by atoms with Gasteiger partial charge >= 0.3 is 0 Å². The molecule has 2 unspecified atom stereocenters. The van der Waals surface area contributed by atoms with Crippen LogP contribution in [0.5, 0.6) is 11.5 Å². The molecule has 0 bridgehead atoms. The first-order valence-electron chi connectivity index (χ1n) is 10.6. The third-order valence-corrected chi connectivity index (χ3v) is 4.83. The average molecular weight is 439 g/mol. The second kappa shape index (κ2) is 12.2. The Bertz CT molecular complexity index is 844. The lowest BCUT2D eigenvalue weighted by Crippen LogP contribution is -2.13. The van der Waals surface area contributed by atoms with Crippen LogP contribution in [0.25, 0.3) is 0 Å². The van der Waals surface area contributed by atoms with Gasteiger partial charge in [0.05, 0.1) is 26.4 Å². The highest BCUT2D eigenvalue weighted by Gasteiger charge is 2.06. The van der Waals surface area contributed by atoms with Gasteiger partial charge in [-0.15, -0.1) is 0 Å². The van der Waals surface area contributed by atoms with Gasteiger partial charge < -0.3 is 29.2 Å². The van der Waals surface area contributed by atoms with Crippen molar-refractivity contribution in [3.05, 3.63) is 95.1 Å². The summed E-state index contributed by atoms with van der Waals surface area (Å²) in [6.45, 7) is 5.47. The van der Waals surface area contributed by atoms with E-state index in [1.165, 1.54) is 0 Å². The summed E-state index contributed by atoms with van der Waals surface area (Å²) in [6, 6.07) is 21.9. The minimum absolute atomic E-state index is 0.239. The Morgan fingerprint density at radius 1 is 0.469 bits per heavy atom. The highest BCUT2D eigenvalue weighted by atomic mass is 16.7. The number of phenolic OH excluding ortho intramolecular Hbond substituents is 2. The van der Waals surface area contributed by atoms with Crippen molar-refractivity contribution in [2.24, 2.45) is 0 Å². The molecule has 3 aromatic rings. The molecule has 0 saturated carbocycles. The van der Waals surface area contributed by atoms with Crippen LogP contribution in [0.4, 0.5) is 0 Å². The van der Waals surface area contributed by atoms with Crippen LogP contribution in [0.1, 0.15) is 36.1 Å². The lowest BCUT2D eigenvalue weighted by molar-refractivity contribution is -0.145. The maximum Gasteiger partial charge on any atom is 0.155 e. The molecule has 0 radical (unpaired) electrons. The summed E-state index contributed by atoms with van der Waals surface area (Å²) in [5.41, 5.74) is 4.05. The van der Waals surface area contributed by atoms with Crippen molar-refractivity contribution >= 4 is 0 Å². The molecule has 0 fully saturated rings. The van der Waals surface area contributed by atoms with Crippen LogP contribution >= 0.6 is 0 Å². The van der Waals surface area contributed by atoms with E-state index in [4.69, 9.17) is 18.9 Å². The highest BCUT2D eigenvalue weighted by Crippen LogP contribution is 2.14. The van der Waals surface area contributed by atoms with Gasteiger partial charge in [0.2, 0.25) is 0 Å². The zero-order chi connectivity index (χ0) is 22.8. The minimum atomic E-state index is -0.349. The van der Waals surface area contributed by atoms with E-state index in [9.17, 15) is 10.2 Å². The first-order valence-corrected chi connectivity index (χ1v) is 10.6. The van der Waals surface area contributed by atoms with Crippen LogP contribution in [0.15, 0.2) is 72.8 Å². The molecule has 0 spiro atoms. The summed E-state index contributed by atoms with van der Waals surface area (Å²) < 4.78 is 22.9. The zero-order valence-electron chi connectivity index (χ0n) is 18.4. The molecule has 0 aliphatic heterocycles. The molecule has 0 amide bonds. The van der Waals surface area contributed by atoms with Crippen molar-refractivity contribution in [1.82, 2.24) is 0 Å². The van der Waals surface area contributed by atoms with Crippen molar-refractivity contribution in [1.29, 1.82) is 0 Å². The summed E-state index contributed by atoms with van der Waals surface area (Å²) in [5, 5.41) is 18.6. The van der Waals surface area contributed by atoms with Gasteiger partial charge in [-0.2, -0.15) is 0 Å². The maximum absolute atomic E-state index is 9.31. The summed E-state index contributed by atoms with van der Waals surface area (Å²) in [4.78, 5) is 0. The molecule has 0 saturated heterocycles. The number of ether oxygens (including phenoxy) is 4. The molecule has 6 nitrogen and oxygen atoms in total. The SMILES string of the molecule is CC(OCc1ccc(O)cc1)OCc1ccc(COC(C)OCc2ccc(O)cc2)cc1. The van der Waals surface area contributed by atoms with Crippen molar-refractivity contribution in [2.75, 3.05) is 0 Å². The van der Waals surface area contributed by atoms with Crippen LogP contribution in [0, 0.1) is 0 Å². The number of phenols is 2. The normalized spacial score (nSPS) is 13.1. The Labute approximate surface area is 189 Å². The highest BCUT2D eigenvalue weighted by molar-refractivity contribution is 5.26. The lowest BCUT2D eigenvalue weighted by atomic mass is 10.1. The molecule has 3 aromatic carbocycles. The molecule has 3 rings (SSSR count). The van der Waals surface area contributed by atoms with Crippen LogP contribution in [-0.4, -0.2) is 22.8 Å². The molecule has 0 heterocycles. The van der Waals surface area contributed by atoms with Gasteiger partial charge in [-0.05, 0) is 60.4 Å². The van der Waals surface area contributed by atoms with Gasteiger partial charge in [0.1, 0.15) is 11.5 Å². The third kappa shape index (κ3) is 8.32. The molecule has 32 heavy (non-hydrogen) atoms. The van der Waals surface area contributed by atoms with E-state index in [1.54, 1.807) is 24.3 Å². The quantitative estimate of drug-likeness (QED) is 0.376. The predicted octanol–water partition coefficient (Wildman–Crippen LogP) is 5.26. The Hall–Kier alpha value is -2.90. The van der Waals surface area contributed by atoms with Gasteiger partial charge in [0.15, 0.2) is 12.6 Å². The zero-order valence-corrected chi connectivity index (χ0v) is 18.4. The second-order valence-electron chi connectivity index (χ2n) is 7.53. The Morgan fingerprint density at radius 3 is 0.938 bits per heavy atom. The van der Waals surface area contributed by atoms with Gasteiger partial charge in [0, 0.05) is 0 Å². The molecule has 2 N–H and O–H groups in total. The van der Waals surface area contributed by atoms with Crippen molar-refractivity contribution in [3.63, 3.8) is 0 Å². The number of hydrogen-bond donors (Lipinski definition) is 2. The fraction of sp³-hybridized carbons (Fsp3) is 0.308. The summed E-state index contributed by atoms with van der Waals surface area (Å²) in [6.07, 6.45) is -0.697. The first kappa shape index (κ1) is 23.8. The molecule has 2 atom stereocenters. The van der Waals surface area contributed by atoms with E-state index in [2.05, 4.69) is 0 Å². The third-order valence-electron chi connectivity index (χ3n) is 4.83. The predicted molar refractivity (Wildman–Crippen MR) is 121 cm³/mol. The molecular formula is C26H30O6. The van der Waals surface area contributed by atoms with Crippen LogP contribution in [0.3, 0.4) is 0 Å². The molecule has 0 aliphatic carbocycles. The van der Waals surface area contributed by atoms with Crippen LogP contribution in [0.2, 0.25) is 0 Å². The van der Waals surface area contributed by atoms with E-state index in [0.717, 1.165) is 22.3 Å². The van der Waals surface area contributed by atoms with E-state index < -0.39 is 0 Å². The maximum atomic E-state index is 9.31. The van der Waals surface area contributed by atoms with Crippen LogP contribution < -0.4 is 0 Å². The fourth-order valence-corrected chi connectivity index (χ4v) is 2.87. The number of rotatable bonds is 12. The standard InChI is InChI=1S/C26H30O6/c1-19(31-17-23-7-11-25(27)12-8-23)29-15-21-3-5-22(6-4-21)16-30-20(2)32-18-24-9-13-26(28)14-10-24/h3-14,19-20,27-28H,15-18H2,1-2H3. The summed E-state index contributed by atoms with van der Waals surface area (Å²) >= 11 is 0. The molecule has 0 aliphatic rings. The molecule has 6 heteroatoms. The number of hydrogen-bond acceptors (Lipinski definition) is 6. The topological polar surface area (TPSA) is 77.4 Å². The van der Waals surface area contributed by atoms with Gasteiger partial charge in [-0.25, -0.2) is 0 Å². The fourth-order valence-electron chi connectivity index (χ4n) is 2.87. The van der Waals surface area contributed by atoms with Crippen molar-refractivity contribution in [3.8, 4) is 11.5 Å². The lowest BCUT2D eigenvalue weighted by Gasteiger charge is -2.15. The summed E-state index contributed by atoms with van der Waals surface area (Å²) in [5.74, 6) is 0.478. The summed E-state index contributed by atoms with van der Waals surface area (Å²) in [7, 11) is 0. The van der Waals surface area contributed by atoms with E-state index in [1.807, 2.05) is 62.4 Å². The Morgan fingerprint density at radius 2 is 0.688 bits per heavy atom. The molecule has 0 aromatic heterocycles. The second-order valence-corrected chi connectivity index (χ2v) is 7.53. The number of aromatic hydroxyl groups is 2. The van der Waals surface area contributed by atoms with E-state index >= 15 is 0 Å². The van der Waals surface area contributed by atoms with Gasteiger partial charge in [-0.3, -0.25) is 0 Å². The van der Waals surface area contributed by atoms with Gasteiger partial charge in [0.25, 0.3) is 0 Å². The minimum Gasteiger partial charge on any atom is -0.508 e. The Kier molecular flexibility index (Phi) is 9.07. The van der Waals surface area contributed by atoms with E-state index in [-0.39, 0.29) is 24.1 Å². The Balaban J connectivity index is 1.33. The molecular weight excluding hydrogens is 408 g/mol. The monoisotopic (exact) mass is 438 g/mol. The van der Waals surface area contributed by atoms with E-state index in [0.29, 0.717) is 26.4 Å². The molecule has 170 valence electrons. The van der Waals surface area contributed by atoms with Crippen LogP contribution in [-0.2, 0) is 45.4 Å². The smallest absolute Gasteiger partial charge is 0.155 e. The number of benzene rings is 3. The largest absolute Gasteiger partial charge is 0.508 e. The average Bonchev–Trinajstić information content (AvgIpc) is 2.81.